The van der Waals surface area contributed by atoms with Gasteiger partial charge >= 0.3 is 0 Å². The van der Waals surface area contributed by atoms with Gasteiger partial charge in [-0.05, 0) is 36.4 Å². The molecule has 0 aliphatic carbocycles. The van der Waals surface area contributed by atoms with Crippen molar-refractivity contribution in [3.05, 3.63) is 59.4 Å². The summed E-state index contributed by atoms with van der Waals surface area (Å²) >= 11 is 5.62. The quantitative estimate of drug-likeness (QED) is 0.482. The minimum Gasteiger partial charge on any atom is -0.289 e. The summed E-state index contributed by atoms with van der Waals surface area (Å²) in [6.07, 6.45) is 6.70. The maximum Gasteiger partial charge on any atom is 0.185 e. The number of rotatable bonds is 5. The third-order valence-electron chi connectivity index (χ3n) is 2.69. The molecule has 100 valence electrons. The van der Waals surface area contributed by atoms with Crippen LogP contribution in [-0.4, -0.2) is 21.4 Å². The van der Waals surface area contributed by atoms with Gasteiger partial charge < -0.3 is 0 Å². The lowest BCUT2D eigenvalue weighted by Gasteiger charge is -1.95. The van der Waals surface area contributed by atoms with E-state index in [0.29, 0.717) is 23.6 Å². The highest BCUT2D eigenvalue weighted by molar-refractivity contribution is 6.17. The van der Waals surface area contributed by atoms with Crippen molar-refractivity contribution in [2.75, 3.05) is 5.88 Å². The van der Waals surface area contributed by atoms with E-state index in [-0.39, 0.29) is 5.78 Å². The molecule has 0 radical (unpaired) electrons. The molecule has 0 amide bonds. The Bertz CT molecular complexity index is 665. The fraction of sp³-hybridized carbons (Fsp3) is 0.133. The Morgan fingerprint density at radius 3 is 2.80 bits per heavy atom. The molecule has 20 heavy (non-hydrogen) atoms. The van der Waals surface area contributed by atoms with E-state index in [1.54, 1.807) is 41.2 Å². The molecular weight excluding hydrogens is 274 g/mol. The number of carbonyl (C=O) groups is 1. The second-order valence-electron chi connectivity index (χ2n) is 4.11. The minimum absolute atomic E-state index is 0.111. The summed E-state index contributed by atoms with van der Waals surface area (Å²) in [4.78, 5) is 11.9. The number of halogens is 1. The molecule has 1 heterocycles. The zero-order chi connectivity index (χ0) is 14.4. The SMILES string of the molecule is N#Cc1ccc(C(=O)C=Cc2cnn(CCCl)c2)cc1. The molecule has 0 aliphatic heterocycles. The summed E-state index contributed by atoms with van der Waals surface area (Å²) in [5, 5.41) is 12.8. The fourth-order valence-electron chi connectivity index (χ4n) is 1.65. The fourth-order valence-corrected chi connectivity index (χ4v) is 1.82. The number of aryl methyl sites for hydroxylation is 1. The van der Waals surface area contributed by atoms with E-state index in [1.165, 1.54) is 6.08 Å². The van der Waals surface area contributed by atoms with Crippen LogP contribution in [0.25, 0.3) is 6.08 Å². The van der Waals surface area contributed by atoms with Crippen molar-refractivity contribution >= 4 is 23.5 Å². The molecule has 0 bridgehead atoms. The lowest BCUT2D eigenvalue weighted by Crippen LogP contribution is -1.98. The Morgan fingerprint density at radius 2 is 2.15 bits per heavy atom. The number of allylic oxidation sites excluding steroid dienone is 1. The summed E-state index contributed by atoms with van der Waals surface area (Å²) in [6, 6.07) is 8.55. The molecular formula is C15H12ClN3O. The van der Waals surface area contributed by atoms with E-state index in [4.69, 9.17) is 16.9 Å². The van der Waals surface area contributed by atoms with Gasteiger partial charge in [0.1, 0.15) is 0 Å². The van der Waals surface area contributed by atoms with E-state index in [2.05, 4.69) is 5.10 Å². The van der Waals surface area contributed by atoms with Crippen LogP contribution in [0.4, 0.5) is 0 Å². The predicted molar refractivity (Wildman–Crippen MR) is 77.5 cm³/mol. The molecule has 0 N–H and O–H groups in total. The van der Waals surface area contributed by atoms with Gasteiger partial charge in [0, 0.05) is 23.2 Å². The molecule has 1 aromatic carbocycles. The molecule has 0 unspecified atom stereocenters. The van der Waals surface area contributed by atoms with Crippen LogP contribution in [0.5, 0.6) is 0 Å². The summed E-state index contributed by atoms with van der Waals surface area (Å²) in [5.41, 5.74) is 1.93. The molecule has 1 aromatic heterocycles. The number of nitriles is 1. The predicted octanol–water partition coefficient (Wildman–Crippen LogP) is 2.89. The van der Waals surface area contributed by atoms with Crippen LogP contribution in [0, 0.1) is 11.3 Å². The van der Waals surface area contributed by atoms with Crippen molar-refractivity contribution in [2.45, 2.75) is 6.54 Å². The van der Waals surface area contributed by atoms with Gasteiger partial charge in [0.25, 0.3) is 0 Å². The summed E-state index contributed by atoms with van der Waals surface area (Å²) in [5.74, 6) is 0.384. The number of aromatic nitrogens is 2. The second-order valence-corrected chi connectivity index (χ2v) is 4.49. The van der Waals surface area contributed by atoms with Gasteiger partial charge in [-0.15, -0.1) is 11.6 Å². The number of ketones is 1. The van der Waals surface area contributed by atoms with E-state index < -0.39 is 0 Å². The van der Waals surface area contributed by atoms with Crippen molar-refractivity contribution in [2.24, 2.45) is 0 Å². The van der Waals surface area contributed by atoms with Crippen molar-refractivity contribution in [1.29, 1.82) is 5.26 Å². The van der Waals surface area contributed by atoms with E-state index in [9.17, 15) is 4.79 Å². The smallest absolute Gasteiger partial charge is 0.185 e. The van der Waals surface area contributed by atoms with Crippen LogP contribution < -0.4 is 0 Å². The highest BCUT2D eigenvalue weighted by Crippen LogP contribution is 2.07. The van der Waals surface area contributed by atoms with Gasteiger partial charge in [-0.2, -0.15) is 10.4 Å². The van der Waals surface area contributed by atoms with Gasteiger partial charge in [-0.1, -0.05) is 0 Å². The first-order chi connectivity index (χ1) is 9.72. The Labute approximate surface area is 121 Å². The van der Waals surface area contributed by atoms with Crippen molar-refractivity contribution < 1.29 is 4.79 Å². The monoisotopic (exact) mass is 285 g/mol. The number of hydrogen-bond acceptors (Lipinski definition) is 3. The van der Waals surface area contributed by atoms with E-state index in [0.717, 1.165) is 5.56 Å². The van der Waals surface area contributed by atoms with Gasteiger partial charge in [0.2, 0.25) is 0 Å². The summed E-state index contributed by atoms with van der Waals surface area (Å²) in [7, 11) is 0. The number of alkyl halides is 1. The van der Waals surface area contributed by atoms with Crippen LogP contribution in [0.3, 0.4) is 0 Å². The minimum atomic E-state index is -0.111. The highest BCUT2D eigenvalue weighted by Gasteiger charge is 2.02. The molecule has 4 nitrogen and oxygen atoms in total. The van der Waals surface area contributed by atoms with Gasteiger partial charge in [-0.25, -0.2) is 0 Å². The lowest BCUT2D eigenvalue weighted by atomic mass is 10.1. The average Bonchev–Trinajstić information content (AvgIpc) is 2.93. The van der Waals surface area contributed by atoms with Gasteiger partial charge in [0.05, 0.1) is 24.4 Å². The number of benzene rings is 1. The van der Waals surface area contributed by atoms with Gasteiger partial charge in [0.15, 0.2) is 5.78 Å². The Kier molecular flexibility index (Phi) is 4.70. The number of nitrogens with zero attached hydrogens (tertiary/aromatic N) is 3. The molecule has 0 fully saturated rings. The number of hydrogen-bond donors (Lipinski definition) is 0. The standard InChI is InChI=1S/C15H12ClN3O/c16-7-8-19-11-13(10-18-19)3-6-15(20)14-4-1-12(9-17)2-5-14/h1-6,10-11H,7-8H2. The molecule has 5 heteroatoms. The van der Waals surface area contributed by atoms with E-state index in [1.807, 2.05) is 12.3 Å². The topological polar surface area (TPSA) is 58.7 Å². The lowest BCUT2D eigenvalue weighted by molar-refractivity contribution is 0.104. The van der Waals surface area contributed by atoms with E-state index >= 15 is 0 Å². The second kappa shape index (κ2) is 6.69. The average molecular weight is 286 g/mol. The van der Waals surface area contributed by atoms with Crippen LogP contribution >= 0.6 is 11.6 Å². The zero-order valence-corrected chi connectivity index (χ0v) is 11.4. The summed E-state index contributed by atoms with van der Waals surface area (Å²) in [6.45, 7) is 0.638. The third kappa shape index (κ3) is 3.56. The Balaban J connectivity index is 2.05. The van der Waals surface area contributed by atoms with Crippen LogP contribution in [0.15, 0.2) is 42.7 Å². The maximum absolute atomic E-state index is 11.9. The number of carbonyl (C=O) groups excluding carboxylic acids is 1. The molecule has 2 rings (SSSR count). The van der Waals surface area contributed by atoms with Crippen molar-refractivity contribution in [3.63, 3.8) is 0 Å². The molecule has 0 atom stereocenters. The Hall–Kier alpha value is -2.38. The largest absolute Gasteiger partial charge is 0.289 e. The van der Waals surface area contributed by atoms with Crippen molar-refractivity contribution in [3.8, 4) is 6.07 Å². The first-order valence-electron chi connectivity index (χ1n) is 6.04. The molecule has 0 saturated carbocycles. The summed E-state index contributed by atoms with van der Waals surface area (Å²) < 4.78 is 1.72. The van der Waals surface area contributed by atoms with Crippen molar-refractivity contribution in [1.82, 2.24) is 9.78 Å². The highest BCUT2D eigenvalue weighted by atomic mass is 35.5. The van der Waals surface area contributed by atoms with Crippen LogP contribution in [0.1, 0.15) is 21.5 Å². The maximum atomic E-state index is 11.9. The third-order valence-corrected chi connectivity index (χ3v) is 2.86. The zero-order valence-electron chi connectivity index (χ0n) is 10.7. The first kappa shape index (κ1) is 14.0. The van der Waals surface area contributed by atoms with Crippen LogP contribution in [-0.2, 0) is 6.54 Å². The van der Waals surface area contributed by atoms with Crippen LogP contribution in [0.2, 0.25) is 0 Å². The molecule has 2 aromatic rings. The molecule has 0 saturated heterocycles. The Morgan fingerprint density at radius 1 is 1.40 bits per heavy atom. The molecule has 0 aliphatic rings. The normalized spacial score (nSPS) is 10.6. The first-order valence-corrected chi connectivity index (χ1v) is 6.57. The molecule has 0 spiro atoms. The van der Waals surface area contributed by atoms with Gasteiger partial charge in [-0.3, -0.25) is 9.48 Å².